The van der Waals surface area contributed by atoms with Gasteiger partial charge in [0.1, 0.15) is 5.82 Å². The molecular weight excluding hydrogens is 177 g/mol. The van der Waals surface area contributed by atoms with E-state index in [0.29, 0.717) is 0 Å². The van der Waals surface area contributed by atoms with Gasteiger partial charge in [-0.15, -0.1) is 0 Å². The summed E-state index contributed by atoms with van der Waals surface area (Å²) in [6.07, 6.45) is 1.73. The fraction of sp³-hybridized carbons (Fsp3) is 0.250. The van der Waals surface area contributed by atoms with Gasteiger partial charge in [-0.25, -0.2) is 4.39 Å². The van der Waals surface area contributed by atoms with Crippen LogP contribution in [0.4, 0.5) is 4.39 Å². The van der Waals surface area contributed by atoms with Gasteiger partial charge >= 0.3 is 0 Å². The number of halogens is 1. The third-order valence-corrected chi connectivity index (χ3v) is 1.93. The van der Waals surface area contributed by atoms with Crippen LogP contribution >= 0.6 is 0 Å². The summed E-state index contributed by atoms with van der Waals surface area (Å²) in [5, 5.41) is 1.92. The van der Waals surface area contributed by atoms with Crippen LogP contribution in [0.15, 0.2) is 30.5 Å². The van der Waals surface area contributed by atoms with Crippen molar-refractivity contribution in [3.8, 4) is 0 Å². The minimum atomic E-state index is -0.210. The van der Waals surface area contributed by atoms with Gasteiger partial charge in [-0.2, -0.15) is 0 Å². The van der Waals surface area contributed by atoms with E-state index in [1.165, 1.54) is 12.1 Å². The van der Waals surface area contributed by atoms with Crippen molar-refractivity contribution in [2.24, 2.45) is 0 Å². The van der Waals surface area contributed by atoms with Crippen molar-refractivity contribution in [3.63, 3.8) is 0 Å². The molecule has 0 N–H and O–H groups in total. The molecule has 0 saturated heterocycles. The highest BCUT2D eigenvalue weighted by Gasteiger charge is 1.98. The minimum Gasteiger partial charge on any atom is -0.261 e. The van der Waals surface area contributed by atoms with E-state index in [9.17, 15) is 4.39 Å². The summed E-state index contributed by atoms with van der Waals surface area (Å²) >= 11 is 0. The molecule has 0 fully saturated rings. The van der Waals surface area contributed by atoms with E-state index in [1.54, 1.807) is 12.3 Å². The molecule has 0 aliphatic carbocycles. The van der Waals surface area contributed by atoms with E-state index >= 15 is 0 Å². The molecule has 1 nitrogen and oxygen atoms in total. The Labute approximate surface area is 83.6 Å². The van der Waals surface area contributed by atoms with Crippen LogP contribution in [-0.4, -0.2) is 4.98 Å². The van der Waals surface area contributed by atoms with Gasteiger partial charge in [0, 0.05) is 17.3 Å². The number of pyridine rings is 1. The number of hydrogen-bond donors (Lipinski definition) is 0. The third-order valence-electron chi connectivity index (χ3n) is 1.93. The Morgan fingerprint density at radius 2 is 1.86 bits per heavy atom. The van der Waals surface area contributed by atoms with Gasteiger partial charge in [0.2, 0.25) is 0 Å². The number of rotatable bonds is 0. The Hall–Kier alpha value is -1.44. The van der Waals surface area contributed by atoms with Crippen LogP contribution in [0, 0.1) is 12.7 Å². The normalized spacial score (nSPS) is 9.43. The molecule has 1 aromatic carbocycles. The standard InChI is InChI=1S/C10H8FN.C2H6/c1-7-10-6-9(11)3-2-8(10)4-5-12-7;1-2/h2-6H,1H3;1-2H3. The van der Waals surface area contributed by atoms with Crippen molar-refractivity contribution in [2.45, 2.75) is 20.8 Å². The second-order valence-electron chi connectivity index (χ2n) is 2.76. The van der Waals surface area contributed by atoms with Crippen LogP contribution in [-0.2, 0) is 0 Å². The lowest BCUT2D eigenvalue weighted by Crippen LogP contribution is -1.83. The molecule has 0 atom stereocenters. The first-order valence-electron chi connectivity index (χ1n) is 4.78. The fourth-order valence-corrected chi connectivity index (χ4v) is 1.29. The Morgan fingerprint density at radius 3 is 2.57 bits per heavy atom. The highest BCUT2D eigenvalue weighted by Crippen LogP contribution is 2.16. The molecule has 74 valence electrons. The molecule has 2 heteroatoms. The Morgan fingerprint density at radius 1 is 1.14 bits per heavy atom. The Bertz CT molecular complexity index is 424. The van der Waals surface area contributed by atoms with Crippen LogP contribution in [0.5, 0.6) is 0 Å². The van der Waals surface area contributed by atoms with Gasteiger partial charge in [0.05, 0.1) is 0 Å². The lowest BCUT2D eigenvalue weighted by Gasteiger charge is -1.99. The fourth-order valence-electron chi connectivity index (χ4n) is 1.29. The maximum atomic E-state index is 12.8. The van der Waals surface area contributed by atoms with E-state index in [4.69, 9.17) is 0 Å². The maximum Gasteiger partial charge on any atom is 0.123 e. The molecule has 0 saturated carbocycles. The number of hydrogen-bond acceptors (Lipinski definition) is 1. The van der Waals surface area contributed by atoms with Gasteiger partial charge < -0.3 is 0 Å². The summed E-state index contributed by atoms with van der Waals surface area (Å²) in [7, 11) is 0. The highest BCUT2D eigenvalue weighted by molar-refractivity contribution is 5.84. The Balaban J connectivity index is 0.000000461. The number of fused-ring (bicyclic) bond motifs is 1. The van der Waals surface area contributed by atoms with Crippen molar-refractivity contribution < 1.29 is 4.39 Å². The number of aromatic nitrogens is 1. The summed E-state index contributed by atoms with van der Waals surface area (Å²) < 4.78 is 12.8. The predicted octanol–water partition coefficient (Wildman–Crippen LogP) is 3.71. The first-order chi connectivity index (χ1) is 6.77. The van der Waals surface area contributed by atoms with Crippen LogP contribution < -0.4 is 0 Å². The second-order valence-corrected chi connectivity index (χ2v) is 2.76. The van der Waals surface area contributed by atoms with Crippen molar-refractivity contribution in [1.29, 1.82) is 0 Å². The number of benzene rings is 1. The largest absolute Gasteiger partial charge is 0.261 e. The monoisotopic (exact) mass is 191 g/mol. The molecule has 0 spiro atoms. The molecule has 0 radical (unpaired) electrons. The summed E-state index contributed by atoms with van der Waals surface area (Å²) in [5.74, 6) is -0.210. The molecule has 2 aromatic rings. The van der Waals surface area contributed by atoms with Gasteiger partial charge in [0.25, 0.3) is 0 Å². The quantitative estimate of drug-likeness (QED) is 0.618. The maximum absolute atomic E-state index is 12.8. The molecule has 14 heavy (non-hydrogen) atoms. The van der Waals surface area contributed by atoms with Crippen LogP contribution in [0.2, 0.25) is 0 Å². The molecule has 0 aliphatic rings. The SMILES string of the molecule is CC.Cc1nccc2ccc(F)cc12. The van der Waals surface area contributed by atoms with Crippen LogP contribution in [0.25, 0.3) is 10.8 Å². The van der Waals surface area contributed by atoms with Crippen molar-refractivity contribution in [2.75, 3.05) is 0 Å². The zero-order valence-electron chi connectivity index (χ0n) is 8.71. The average Bonchev–Trinajstić information content (AvgIpc) is 2.22. The van der Waals surface area contributed by atoms with E-state index in [-0.39, 0.29) is 5.82 Å². The Kier molecular flexibility index (Phi) is 3.57. The molecule has 1 heterocycles. The van der Waals surface area contributed by atoms with Crippen molar-refractivity contribution in [1.82, 2.24) is 4.98 Å². The first kappa shape index (κ1) is 10.6. The van der Waals surface area contributed by atoms with E-state index in [1.807, 2.05) is 26.8 Å². The first-order valence-corrected chi connectivity index (χ1v) is 4.78. The second kappa shape index (κ2) is 4.70. The molecule has 0 bridgehead atoms. The minimum absolute atomic E-state index is 0.210. The summed E-state index contributed by atoms with van der Waals surface area (Å²) in [6, 6.07) is 6.61. The van der Waals surface area contributed by atoms with Crippen molar-refractivity contribution in [3.05, 3.63) is 42.0 Å². The zero-order chi connectivity index (χ0) is 10.6. The molecule has 0 amide bonds. The lowest BCUT2D eigenvalue weighted by molar-refractivity contribution is 0.629. The van der Waals surface area contributed by atoms with E-state index in [0.717, 1.165) is 16.5 Å². The molecule has 1 aromatic heterocycles. The van der Waals surface area contributed by atoms with E-state index < -0.39 is 0 Å². The van der Waals surface area contributed by atoms with Crippen LogP contribution in [0.1, 0.15) is 19.5 Å². The van der Waals surface area contributed by atoms with Crippen LogP contribution in [0.3, 0.4) is 0 Å². The predicted molar refractivity (Wildman–Crippen MR) is 57.8 cm³/mol. The van der Waals surface area contributed by atoms with Gasteiger partial charge in [0.15, 0.2) is 0 Å². The number of nitrogens with zero attached hydrogens (tertiary/aromatic N) is 1. The third kappa shape index (κ3) is 2.08. The number of aryl methyl sites for hydroxylation is 1. The lowest BCUT2D eigenvalue weighted by atomic mass is 10.1. The van der Waals surface area contributed by atoms with E-state index in [2.05, 4.69) is 4.98 Å². The molecule has 0 aliphatic heterocycles. The smallest absolute Gasteiger partial charge is 0.123 e. The van der Waals surface area contributed by atoms with Gasteiger partial charge in [-0.1, -0.05) is 19.9 Å². The molecule has 2 rings (SSSR count). The zero-order valence-corrected chi connectivity index (χ0v) is 8.71. The summed E-state index contributed by atoms with van der Waals surface area (Å²) in [5.41, 5.74) is 0.868. The van der Waals surface area contributed by atoms with Gasteiger partial charge in [-0.3, -0.25) is 4.98 Å². The summed E-state index contributed by atoms with van der Waals surface area (Å²) in [6.45, 7) is 5.88. The molecular formula is C12H14FN. The topological polar surface area (TPSA) is 12.9 Å². The average molecular weight is 191 g/mol. The van der Waals surface area contributed by atoms with Crippen molar-refractivity contribution >= 4 is 10.8 Å². The summed E-state index contributed by atoms with van der Waals surface area (Å²) in [4.78, 5) is 4.08. The van der Waals surface area contributed by atoms with Gasteiger partial charge in [-0.05, 0) is 30.5 Å². The molecule has 0 unspecified atom stereocenters. The highest BCUT2D eigenvalue weighted by atomic mass is 19.1.